The van der Waals surface area contributed by atoms with Gasteiger partial charge < -0.3 is 9.47 Å². The van der Waals surface area contributed by atoms with Crippen molar-refractivity contribution >= 4 is 11.9 Å². The molecule has 4 nitrogen and oxygen atoms in total. The van der Waals surface area contributed by atoms with Crippen LogP contribution in [0.2, 0.25) is 0 Å². The average Bonchev–Trinajstić information content (AvgIpc) is 2.57. The maximum absolute atomic E-state index is 11.6. The summed E-state index contributed by atoms with van der Waals surface area (Å²) >= 11 is 0. The summed E-state index contributed by atoms with van der Waals surface area (Å²) in [5.74, 6) is 0.505. The van der Waals surface area contributed by atoms with Crippen LogP contribution in [0.25, 0.3) is 0 Å². The fourth-order valence-corrected chi connectivity index (χ4v) is 3.85. The van der Waals surface area contributed by atoms with Gasteiger partial charge in [0.2, 0.25) is 0 Å². The zero-order chi connectivity index (χ0) is 16.3. The highest BCUT2D eigenvalue weighted by Crippen LogP contribution is 2.27. The van der Waals surface area contributed by atoms with E-state index in [4.69, 9.17) is 9.47 Å². The highest BCUT2D eigenvalue weighted by molar-refractivity contribution is 5.91. The Hall–Kier alpha value is -1.06. The van der Waals surface area contributed by atoms with Crippen LogP contribution in [-0.2, 0) is 19.1 Å². The normalized spacial score (nSPS) is 20.2. The number of hydrogen-bond acceptors (Lipinski definition) is 4. The van der Waals surface area contributed by atoms with Crippen molar-refractivity contribution in [1.82, 2.24) is 0 Å². The number of carbonyl (C=O) groups excluding carboxylic acids is 2. The Morgan fingerprint density at radius 2 is 1.04 bits per heavy atom. The monoisotopic (exact) mass is 324 g/mol. The number of carbonyl (C=O) groups is 2. The van der Waals surface area contributed by atoms with E-state index < -0.39 is 11.9 Å². The molecule has 2 rings (SSSR count). The molecule has 23 heavy (non-hydrogen) atoms. The SMILES string of the molecule is O=C(CC(=O)OCCC1CCCCC1)OCCC1CCCCC1. The molecular formula is C19H32O4. The Kier molecular flexibility index (Phi) is 8.48. The largest absolute Gasteiger partial charge is 0.465 e. The van der Waals surface area contributed by atoms with Crippen molar-refractivity contribution < 1.29 is 19.1 Å². The standard InChI is InChI=1S/C19H32O4/c20-18(22-13-11-16-7-3-1-4-8-16)15-19(21)23-14-12-17-9-5-2-6-10-17/h16-17H,1-15H2. The molecule has 0 atom stereocenters. The van der Waals surface area contributed by atoms with E-state index in [-0.39, 0.29) is 6.42 Å². The molecule has 0 aliphatic heterocycles. The van der Waals surface area contributed by atoms with Gasteiger partial charge in [0.25, 0.3) is 0 Å². The van der Waals surface area contributed by atoms with E-state index >= 15 is 0 Å². The van der Waals surface area contributed by atoms with E-state index in [0.717, 1.165) is 12.8 Å². The molecule has 0 spiro atoms. The molecule has 0 saturated heterocycles. The van der Waals surface area contributed by atoms with Crippen LogP contribution in [-0.4, -0.2) is 25.2 Å². The zero-order valence-electron chi connectivity index (χ0n) is 14.4. The van der Waals surface area contributed by atoms with Gasteiger partial charge in [0, 0.05) is 0 Å². The van der Waals surface area contributed by atoms with Crippen molar-refractivity contribution in [3.05, 3.63) is 0 Å². The molecule has 0 unspecified atom stereocenters. The first-order valence-corrected chi connectivity index (χ1v) is 9.55. The van der Waals surface area contributed by atoms with E-state index in [2.05, 4.69) is 0 Å². The topological polar surface area (TPSA) is 52.6 Å². The van der Waals surface area contributed by atoms with Crippen LogP contribution in [0.3, 0.4) is 0 Å². The number of rotatable bonds is 8. The van der Waals surface area contributed by atoms with Gasteiger partial charge in [0.15, 0.2) is 0 Å². The first-order chi connectivity index (χ1) is 11.2. The lowest BCUT2D eigenvalue weighted by Crippen LogP contribution is -2.18. The quantitative estimate of drug-likeness (QED) is 0.490. The third-order valence-corrected chi connectivity index (χ3v) is 5.32. The smallest absolute Gasteiger partial charge is 0.317 e. The molecule has 0 amide bonds. The van der Waals surface area contributed by atoms with Crippen LogP contribution in [0.15, 0.2) is 0 Å². The second-order valence-electron chi connectivity index (χ2n) is 7.20. The van der Waals surface area contributed by atoms with Crippen molar-refractivity contribution in [3.63, 3.8) is 0 Å². The lowest BCUT2D eigenvalue weighted by molar-refractivity contribution is -0.155. The van der Waals surface area contributed by atoms with E-state index in [1.807, 2.05) is 0 Å². The van der Waals surface area contributed by atoms with Crippen molar-refractivity contribution in [1.29, 1.82) is 0 Å². The van der Waals surface area contributed by atoms with Crippen LogP contribution in [0, 0.1) is 11.8 Å². The molecule has 2 saturated carbocycles. The predicted molar refractivity (Wildman–Crippen MR) is 88.9 cm³/mol. The Morgan fingerprint density at radius 1 is 0.652 bits per heavy atom. The molecule has 0 aromatic carbocycles. The molecule has 0 radical (unpaired) electrons. The molecule has 2 fully saturated rings. The zero-order valence-corrected chi connectivity index (χ0v) is 14.4. The molecule has 2 aliphatic carbocycles. The van der Waals surface area contributed by atoms with Gasteiger partial charge in [-0.1, -0.05) is 64.2 Å². The first-order valence-electron chi connectivity index (χ1n) is 9.55. The minimum Gasteiger partial charge on any atom is -0.465 e. The Balaban J connectivity index is 1.47. The summed E-state index contributed by atoms with van der Waals surface area (Å²) < 4.78 is 10.3. The van der Waals surface area contributed by atoms with Gasteiger partial charge in [-0.3, -0.25) is 9.59 Å². The van der Waals surface area contributed by atoms with Gasteiger partial charge in [0.1, 0.15) is 6.42 Å². The van der Waals surface area contributed by atoms with Gasteiger partial charge in [-0.05, 0) is 24.7 Å². The van der Waals surface area contributed by atoms with Crippen LogP contribution in [0.4, 0.5) is 0 Å². The lowest BCUT2D eigenvalue weighted by atomic mass is 9.87. The molecule has 0 aromatic rings. The summed E-state index contributed by atoms with van der Waals surface area (Å²) in [5.41, 5.74) is 0. The molecular weight excluding hydrogens is 292 g/mol. The number of ether oxygens (including phenoxy) is 2. The van der Waals surface area contributed by atoms with Gasteiger partial charge in [0.05, 0.1) is 13.2 Å². The summed E-state index contributed by atoms with van der Waals surface area (Å²) in [7, 11) is 0. The molecule has 0 bridgehead atoms. The minimum atomic E-state index is -0.441. The second-order valence-corrected chi connectivity index (χ2v) is 7.20. The van der Waals surface area contributed by atoms with Crippen LogP contribution < -0.4 is 0 Å². The summed E-state index contributed by atoms with van der Waals surface area (Å²) in [4.78, 5) is 23.3. The van der Waals surface area contributed by atoms with Crippen molar-refractivity contribution in [2.75, 3.05) is 13.2 Å². The second kappa shape index (κ2) is 10.7. The predicted octanol–water partition coefficient (Wildman–Crippen LogP) is 4.40. The average molecular weight is 324 g/mol. The maximum atomic E-state index is 11.6. The first kappa shape index (κ1) is 18.3. The van der Waals surface area contributed by atoms with Crippen LogP contribution in [0.5, 0.6) is 0 Å². The van der Waals surface area contributed by atoms with Crippen LogP contribution in [0.1, 0.15) is 83.5 Å². The van der Waals surface area contributed by atoms with Gasteiger partial charge >= 0.3 is 11.9 Å². The Bertz CT molecular complexity index is 320. The minimum absolute atomic E-state index is 0.241. The fourth-order valence-electron chi connectivity index (χ4n) is 3.85. The molecule has 132 valence electrons. The molecule has 4 heteroatoms. The lowest BCUT2D eigenvalue weighted by Gasteiger charge is -2.21. The van der Waals surface area contributed by atoms with E-state index in [1.54, 1.807) is 0 Å². The van der Waals surface area contributed by atoms with E-state index in [1.165, 1.54) is 64.2 Å². The highest BCUT2D eigenvalue weighted by atomic mass is 16.6. The number of esters is 2. The molecule has 0 N–H and O–H groups in total. The summed E-state index contributed by atoms with van der Waals surface area (Å²) in [6, 6.07) is 0. The van der Waals surface area contributed by atoms with E-state index in [9.17, 15) is 9.59 Å². The molecule has 0 aromatic heterocycles. The highest BCUT2D eigenvalue weighted by Gasteiger charge is 2.17. The molecule has 0 heterocycles. The third-order valence-electron chi connectivity index (χ3n) is 5.32. The maximum Gasteiger partial charge on any atom is 0.317 e. The Morgan fingerprint density at radius 3 is 1.43 bits per heavy atom. The van der Waals surface area contributed by atoms with Gasteiger partial charge in [-0.2, -0.15) is 0 Å². The van der Waals surface area contributed by atoms with E-state index in [0.29, 0.717) is 25.0 Å². The third kappa shape index (κ3) is 7.85. The van der Waals surface area contributed by atoms with Gasteiger partial charge in [-0.15, -0.1) is 0 Å². The summed E-state index contributed by atoms with van der Waals surface area (Å²) in [6.45, 7) is 0.887. The number of hydrogen-bond donors (Lipinski definition) is 0. The van der Waals surface area contributed by atoms with Crippen molar-refractivity contribution in [3.8, 4) is 0 Å². The summed E-state index contributed by atoms with van der Waals surface area (Å²) in [5, 5.41) is 0. The van der Waals surface area contributed by atoms with Crippen LogP contribution >= 0.6 is 0 Å². The Labute approximate surface area is 140 Å². The molecule has 2 aliphatic rings. The van der Waals surface area contributed by atoms with Crippen molar-refractivity contribution in [2.45, 2.75) is 83.5 Å². The fraction of sp³-hybridized carbons (Fsp3) is 0.895. The van der Waals surface area contributed by atoms with Gasteiger partial charge in [-0.25, -0.2) is 0 Å². The summed E-state index contributed by atoms with van der Waals surface area (Å²) in [6.07, 6.45) is 14.5. The van der Waals surface area contributed by atoms with Crippen molar-refractivity contribution in [2.24, 2.45) is 11.8 Å².